The minimum atomic E-state index is -0.542. The summed E-state index contributed by atoms with van der Waals surface area (Å²) in [5.41, 5.74) is 0. The molecular formula is C13H9ClOS. The molecule has 1 atom stereocenters. The Morgan fingerprint density at radius 1 is 1.31 bits per heavy atom. The smallest absolute Gasteiger partial charge is 0.118 e. The second-order valence-corrected chi connectivity index (χ2v) is 4.32. The summed E-state index contributed by atoms with van der Waals surface area (Å²) >= 11 is 7.11. The van der Waals surface area contributed by atoms with Crippen LogP contribution in [0, 0.1) is 35.5 Å². The van der Waals surface area contributed by atoms with Crippen molar-refractivity contribution in [1.29, 1.82) is 0 Å². The minimum absolute atomic E-state index is 0.161. The molecule has 0 fully saturated rings. The summed E-state index contributed by atoms with van der Waals surface area (Å²) in [7, 11) is 0. The van der Waals surface area contributed by atoms with Crippen molar-refractivity contribution in [2.75, 3.05) is 6.61 Å². The lowest BCUT2D eigenvalue weighted by Crippen LogP contribution is -1.99. The van der Waals surface area contributed by atoms with Gasteiger partial charge in [0.05, 0.1) is 16.4 Å². The van der Waals surface area contributed by atoms with Crippen LogP contribution < -0.4 is 0 Å². The molecule has 0 aromatic carbocycles. The quantitative estimate of drug-likeness (QED) is 0.596. The molecule has 0 spiro atoms. The molecule has 0 aliphatic heterocycles. The molecule has 1 heterocycles. The number of aliphatic hydroxyl groups is 1. The molecule has 1 rings (SSSR count). The zero-order valence-electron chi connectivity index (χ0n) is 8.67. The fourth-order valence-corrected chi connectivity index (χ4v) is 1.67. The second kappa shape index (κ2) is 7.00. The maximum atomic E-state index is 8.62. The van der Waals surface area contributed by atoms with Crippen molar-refractivity contribution in [3.63, 3.8) is 0 Å². The average molecular weight is 249 g/mol. The van der Waals surface area contributed by atoms with E-state index in [0.717, 1.165) is 9.75 Å². The van der Waals surface area contributed by atoms with Crippen LogP contribution in [0.5, 0.6) is 0 Å². The van der Waals surface area contributed by atoms with Gasteiger partial charge in [-0.15, -0.1) is 28.9 Å². The summed E-state index contributed by atoms with van der Waals surface area (Å²) < 4.78 is 0. The maximum Gasteiger partial charge on any atom is 0.118 e. The van der Waals surface area contributed by atoms with E-state index in [0.29, 0.717) is 0 Å². The summed E-state index contributed by atoms with van der Waals surface area (Å²) in [6.07, 6.45) is 0. The van der Waals surface area contributed by atoms with Gasteiger partial charge in [0.1, 0.15) is 5.38 Å². The van der Waals surface area contributed by atoms with Gasteiger partial charge in [0, 0.05) is 0 Å². The van der Waals surface area contributed by atoms with Gasteiger partial charge in [-0.25, -0.2) is 0 Å². The Labute approximate surface area is 104 Å². The first kappa shape index (κ1) is 12.7. The lowest BCUT2D eigenvalue weighted by atomic mass is 10.4. The molecule has 0 aliphatic rings. The van der Waals surface area contributed by atoms with E-state index in [4.69, 9.17) is 16.7 Å². The number of halogens is 1. The van der Waals surface area contributed by atoms with Crippen LogP contribution in [0.25, 0.3) is 0 Å². The molecule has 1 N–H and O–H groups in total. The van der Waals surface area contributed by atoms with Crippen LogP contribution in [0.15, 0.2) is 12.1 Å². The fourth-order valence-electron chi connectivity index (χ4n) is 0.848. The molecule has 16 heavy (non-hydrogen) atoms. The van der Waals surface area contributed by atoms with Crippen molar-refractivity contribution < 1.29 is 5.11 Å². The number of thiophene rings is 1. The molecule has 0 amide bonds. The van der Waals surface area contributed by atoms with Crippen molar-refractivity contribution in [2.24, 2.45) is 0 Å². The Morgan fingerprint density at radius 3 is 2.62 bits per heavy atom. The van der Waals surface area contributed by atoms with Crippen molar-refractivity contribution in [2.45, 2.75) is 12.3 Å². The molecule has 3 heteroatoms. The topological polar surface area (TPSA) is 20.2 Å². The third-order valence-corrected chi connectivity index (χ3v) is 2.65. The van der Waals surface area contributed by atoms with Crippen LogP contribution in [0.3, 0.4) is 0 Å². The van der Waals surface area contributed by atoms with E-state index in [1.165, 1.54) is 11.3 Å². The summed E-state index contributed by atoms with van der Waals surface area (Å²) in [5, 5.41) is 8.08. The van der Waals surface area contributed by atoms with Crippen molar-refractivity contribution in [1.82, 2.24) is 0 Å². The highest BCUT2D eigenvalue weighted by Crippen LogP contribution is 2.13. The van der Waals surface area contributed by atoms with E-state index in [1.807, 2.05) is 12.1 Å². The molecule has 1 nitrogen and oxygen atoms in total. The highest BCUT2D eigenvalue weighted by Gasteiger charge is 1.93. The van der Waals surface area contributed by atoms with Gasteiger partial charge in [-0.05, 0) is 36.8 Å². The largest absolute Gasteiger partial charge is 0.394 e. The molecule has 1 aromatic heterocycles. The average Bonchev–Trinajstić information content (AvgIpc) is 2.72. The number of hydrogen-bond acceptors (Lipinski definition) is 2. The van der Waals surface area contributed by atoms with Crippen LogP contribution in [0.2, 0.25) is 0 Å². The third-order valence-electron chi connectivity index (χ3n) is 1.49. The van der Waals surface area contributed by atoms with E-state index in [-0.39, 0.29) is 6.61 Å². The highest BCUT2D eigenvalue weighted by atomic mass is 35.5. The molecule has 0 aliphatic carbocycles. The standard InChI is InChI=1S/C13H9ClOS/c1-2-5-12-8-9-13(16-12)7-4-3-6-11(14)10-15/h8-9,11,15H,10H2,1H3/t11-/m1/s1. The molecular weight excluding hydrogens is 240 g/mol. The molecule has 0 radical (unpaired) electrons. The van der Waals surface area contributed by atoms with Gasteiger partial charge < -0.3 is 5.11 Å². The first-order valence-corrected chi connectivity index (χ1v) is 5.80. The Balaban J connectivity index is 2.67. The Bertz CT molecular complexity index is 525. The van der Waals surface area contributed by atoms with Crippen LogP contribution in [0.1, 0.15) is 16.7 Å². The summed E-state index contributed by atoms with van der Waals surface area (Å²) in [4.78, 5) is 1.91. The fraction of sp³-hybridized carbons (Fsp3) is 0.231. The molecule has 0 saturated carbocycles. The number of rotatable bonds is 1. The first-order chi connectivity index (χ1) is 7.76. The monoisotopic (exact) mass is 248 g/mol. The van der Waals surface area contributed by atoms with E-state index in [1.54, 1.807) is 6.92 Å². The van der Waals surface area contributed by atoms with Gasteiger partial charge >= 0.3 is 0 Å². The maximum absolute atomic E-state index is 8.62. The Kier molecular flexibility index (Phi) is 5.55. The predicted molar refractivity (Wildman–Crippen MR) is 68.3 cm³/mol. The van der Waals surface area contributed by atoms with Gasteiger partial charge in [-0.3, -0.25) is 0 Å². The number of aliphatic hydroxyl groups excluding tert-OH is 1. The van der Waals surface area contributed by atoms with Crippen LogP contribution in [-0.4, -0.2) is 17.1 Å². The molecule has 0 bridgehead atoms. The minimum Gasteiger partial charge on any atom is -0.394 e. The van der Waals surface area contributed by atoms with Gasteiger partial charge in [0.2, 0.25) is 0 Å². The lowest BCUT2D eigenvalue weighted by Gasteiger charge is -1.88. The first-order valence-electron chi connectivity index (χ1n) is 4.55. The summed E-state index contributed by atoms with van der Waals surface area (Å²) in [6, 6.07) is 3.83. The zero-order chi connectivity index (χ0) is 11.8. The molecule has 0 saturated heterocycles. The van der Waals surface area contributed by atoms with Crippen molar-refractivity contribution in [3.05, 3.63) is 21.9 Å². The molecule has 0 unspecified atom stereocenters. The van der Waals surface area contributed by atoms with Gasteiger partial charge in [0.25, 0.3) is 0 Å². The zero-order valence-corrected chi connectivity index (χ0v) is 10.2. The summed E-state index contributed by atoms with van der Waals surface area (Å²) in [6.45, 7) is 1.64. The van der Waals surface area contributed by atoms with Crippen LogP contribution >= 0.6 is 22.9 Å². The van der Waals surface area contributed by atoms with E-state index < -0.39 is 5.38 Å². The SMILES string of the molecule is CC#Cc1ccc(C#CC#C[C@@H](Cl)CO)s1. The number of alkyl halides is 1. The molecule has 80 valence electrons. The predicted octanol–water partition coefficient (Wildman–Crippen LogP) is 2.07. The van der Waals surface area contributed by atoms with Crippen LogP contribution in [-0.2, 0) is 0 Å². The highest BCUT2D eigenvalue weighted by molar-refractivity contribution is 7.13. The van der Waals surface area contributed by atoms with Crippen molar-refractivity contribution >= 4 is 22.9 Å². The Hall–Kier alpha value is -1.37. The van der Waals surface area contributed by atoms with Gasteiger partial charge in [0.15, 0.2) is 0 Å². The second-order valence-electron chi connectivity index (χ2n) is 2.71. The van der Waals surface area contributed by atoms with E-state index >= 15 is 0 Å². The van der Waals surface area contributed by atoms with Gasteiger partial charge in [-0.1, -0.05) is 11.8 Å². The molecule has 1 aromatic rings. The number of hydrogen-bond donors (Lipinski definition) is 1. The third kappa shape index (κ3) is 4.43. The van der Waals surface area contributed by atoms with Crippen molar-refractivity contribution in [3.8, 4) is 35.5 Å². The van der Waals surface area contributed by atoms with E-state index in [2.05, 4.69) is 35.5 Å². The van der Waals surface area contributed by atoms with Crippen LogP contribution in [0.4, 0.5) is 0 Å². The normalized spacial score (nSPS) is 9.94. The lowest BCUT2D eigenvalue weighted by molar-refractivity contribution is 0.307. The Morgan fingerprint density at radius 2 is 2.00 bits per heavy atom. The van der Waals surface area contributed by atoms with Gasteiger partial charge in [-0.2, -0.15) is 0 Å². The summed E-state index contributed by atoms with van der Waals surface area (Å²) in [5.74, 6) is 16.5. The van der Waals surface area contributed by atoms with E-state index in [9.17, 15) is 0 Å².